The molecule has 0 amide bonds. The summed E-state index contributed by atoms with van der Waals surface area (Å²) >= 11 is 0. The molecule has 1 aliphatic heterocycles. The lowest BCUT2D eigenvalue weighted by molar-refractivity contribution is -0.177. The van der Waals surface area contributed by atoms with Crippen LogP contribution in [0.5, 0.6) is 0 Å². The Morgan fingerprint density at radius 1 is 1.25 bits per heavy atom. The van der Waals surface area contributed by atoms with Crippen LogP contribution in [-0.4, -0.2) is 18.8 Å². The van der Waals surface area contributed by atoms with E-state index < -0.39 is 0 Å². The van der Waals surface area contributed by atoms with Crippen molar-refractivity contribution in [2.45, 2.75) is 58.6 Å². The second kappa shape index (κ2) is 5.07. The zero-order chi connectivity index (χ0) is 14.3. The Balaban J connectivity index is 1.81. The fourth-order valence-corrected chi connectivity index (χ4v) is 4.11. The van der Waals surface area contributed by atoms with E-state index in [9.17, 15) is 0 Å². The van der Waals surface area contributed by atoms with Gasteiger partial charge in [-0.1, -0.05) is 45.9 Å². The normalized spacial score (nSPS) is 31.6. The van der Waals surface area contributed by atoms with E-state index in [4.69, 9.17) is 4.74 Å². The summed E-state index contributed by atoms with van der Waals surface area (Å²) in [6.07, 6.45) is 2.96. The zero-order valence-electron chi connectivity index (χ0n) is 13.1. The molecule has 1 aromatic rings. The Labute approximate surface area is 122 Å². The van der Waals surface area contributed by atoms with Crippen molar-refractivity contribution < 1.29 is 4.74 Å². The van der Waals surface area contributed by atoms with Crippen molar-refractivity contribution in [1.82, 2.24) is 0 Å². The summed E-state index contributed by atoms with van der Waals surface area (Å²) in [5.74, 6) is 1.24. The van der Waals surface area contributed by atoms with Crippen molar-refractivity contribution in [3.8, 4) is 0 Å². The quantitative estimate of drug-likeness (QED) is 0.880. The second-order valence-corrected chi connectivity index (χ2v) is 7.28. The highest BCUT2D eigenvalue weighted by Crippen LogP contribution is 2.52. The van der Waals surface area contributed by atoms with Crippen molar-refractivity contribution in [1.29, 1.82) is 0 Å². The van der Waals surface area contributed by atoms with E-state index in [0.29, 0.717) is 24.0 Å². The van der Waals surface area contributed by atoms with Crippen LogP contribution in [-0.2, 0) is 4.74 Å². The molecule has 0 aromatic heterocycles. The van der Waals surface area contributed by atoms with Crippen molar-refractivity contribution in [2.75, 3.05) is 11.9 Å². The third kappa shape index (κ3) is 2.14. The third-order valence-electron chi connectivity index (χ3n) is 5.22. The Kier molecular flexibility index (Phi) is 3.53. The molecule has 0 bridgehead atoms. The van der Waals surface area contributed by atoms with E-state index >= 15 is 0 Å². The molecule has 1 aliphatic carbocycles. The van der Waals surface area contributed by atoms with Crippen molar-refractivity contribution in [3.63, 3.8) is 0 Å². The number of hydrogen-bond donors (Lipinski definition) is 1. The lowest BCUT2D eigenvalue weighted by Crippen LogP contribution is -2.67. The first kappa shape index (κ1) is 13.9. The molecule has 2 nitrogen and oxygen atoms in total. The SMILES string of the molecule is CC(C)c1ccccc1NC1C2CCCOC2C1(C)C. The van der Waals surface area contributed by atoms with Crippen molar-refractivity contribution in [2.24, 2.45) is 11.3 Å². The van der Waals surface area contributed by atoms with Gasteiger partial charge < -0.3 is 10.1 Å². The van der Waals surface area contributed by atoms with Gasteiger partial charge in [0.1, 0.15) is 0 Å². The van der Waals surface area contributed by atoms with Gasteiger partial charge >= 0.3 is 0 Å². The summed E-state index contributed by atoms with van der Waals surface area (Å²) in [5, 5.41) is 3.84. The van der Waals surface area contributed by atoms with Gasteiger partial charge in [0.25, 0.3) is 0 Å². The number of nitrogens with one attached hydrogen (secondary N) is 1. The Morgan fingerprint density at radius 3 is 2.75 bits per heavy atom. The number of fused-ring (bicyclic) bond motifs is 1. The third-order valence-corrected chi connectivity index (χ3v) is 5.22. The number of hydrogen-bond acceptors (Lipinski definition) is 2. The Hall–Kier alpha value is -1.02. The van der Waals surface area contributed by atoms with Crippen LogP contribution in [0.3, 0.4) is 0 Å². The fraction of sp³-hybridized carbons (Fsp3) is 0.667. The predicted octanol–water partition coefficient (Wildman–Crippen LogP) is 4.43. The van der Waals surface area contributed by atoms with Crippen molar-refractivity contribution >= 4 is 5.69 Å². The van der Waals surface area contributed by atoms with Gasteiger partial charge in [0.15, 0.2) is 0 Å². The largest absolute Gasteiger partial charge is 0.381 e. The summed E-state index contributed by atoms with van der Waals surface area (Å²) in [4.78, 5) is 0. The van der Waals surface area contributed by atoms with Gasteiger partial charge in [-0.3, -0.25) is 0 Å². The first-order valence-corrected chi connectivity index (χ1v) is 7.99. The minimum absolute atomic E-state index is 0.231. The maximum absolute atomic E-state index is 6.00. The molecule has 110 valence electrons. The molecule has 2 fully saturated rings. The van der Waals surface area contributed by atoms with Gasteiger partial charge in [-0.25, -0.2) is 0 Å². The summed E-state index contributed by atoms with van der Waals surface area (Å²) in [6, 6.07) is 9.27. The predicted molar refractivity (Wildman–Crippen MR) is 84.2 cm³/mol. The monoisotopic (exact) mass is 273 g/mol. The highest BCUT2D eigenvalue weighted by molar-refractivity contribution is 5.54. The minimum atomic E-state index is 0.231. The van der Waals surface area contributed by atoms with Crippen molar-refractivity contribution in [3.05, 3.63) is 29.8 Å². The number of rotatable bonds is 3. The molecule has 0 radical (unpaired) electrons. The van der Waals surface area contributed by atoms with Crippen LogP contribution in [0.15, 0.2) is 24.3 Å². The maximum Gasteiger partial charge on any atom is 0.0693 e. The molecule has 0 spiro atoms. The molecule has 2 heteroatoms. The summed E-state index contributed by atoms with van der Waals surface area (Å²) in [6.45, 7) is 10.2. The van der Waals surface area contributed by atoms with Crippen LogP contribution in [0.4, 0.5) is 5.69 Å². The van der Waals surface area contributed by atoms with Gasteiger partial charge in [0, 0.05) is 29.7 Å². The average molecular weight is 273 g/mol. The molecule has 1 saturated heterocycles. The Bertz CT molecular complexity index is 480. The topological polar surface area (TPSA) is 21.3 Å². The fourth-order valence-electron chi connectivity index (χ4n) is 4.11. The molecule has 3 atom stereocenters. The van der Waals surface area contributed by atoms with Gasteiger partial charge in [-0.15, -0.1) is 0 Å². The Morgan fingerprint density at radius 2 is 2.00 bits per heavy atom. The smallest absolute Gasteiger partial charge is 0.0693 e. The van der Waals surface area contributed by atoms with E-state index in [2.05, 4.69) is 57.3 Å². The van der Waals surface area contributed by atoms with Crippen LogP contribution in [0.25, 0.3) is 0 Å². The number of para-hydroxylation sites is 1. The number of anilines is 1. The number of benzene rings is 1. The average Bonchev–Trinajstić information content (AvgIpc) is 2.45. The summed E-state index contributed by atoms with van der Waals surface area (Å²) < 4.78 is 6.00. The van der Waals surface area contributed by atoms with E-state index in [1.807, 2.05) is 0 Å². The molecule has 3 rings (SSSR count). The van der Waals surface area contributed by atoms with E-state index in [1.165, 1.54) is 24.1 Å². The molecule has 1 heterocycles. The van der Waals surface area contributed by atoms with Crippen LogP contribution in [0, 0.1) is 11.3 Å². The van der Waals surface area contributed by atoms with Gasteiger partial charge in [-0.2, -0.15) is 0 Å². The van der Waals surface area contributed by atoms with Crippen LogP contribution >= 0.6 is 0 Å². The van der Waals surface area contributed by atoms with Crippen LogP contribution < -0.4 is 5.32 Å². The number of ether oxygens (including phenoxy) is 1. The minimum Gasteiger partial charge on any atom is -0.381 e. The van der Waals surface area contributed by atoms with E-state index in [0.717, 1.165) is 6.61 Å². The van der Waals surface area contributed by atoms with Gasteiger partial charge in [0.05, 0.1) is 6.10 Å². The van der Waals surface area contributed by atoms with Gasteiger partial charge in [-0.05, 0) is 30.4 Å². The molecule has 20 heavy (non-hydrogen) atoms. The van der Waals surface area contributed by atoms with E-state index in [1.54, 1.807) is 0 Å². The highest BCUT2D eigenvalue weighted by atomic mass is 16.5. The van der Waals surface area contributed by atoms with Crippen LogP contribution in [0.1, 0.15) is 52.0 Å². The molecular weight excluding hydrogens is 246 g/mol. The van der Waals surface area contributed by atoms with E-state index in [-0.39, 0.29) is 5.41 Å². The maximum atomic E-state index is 6.00. The van der Waals surface area contributed by atoms with Gasteiger partial charge in [0.2, 0.25) is 0 Å². The summed E-state index contributed by atoms with van der Waals surface area (Å²) in [7, 11) is 0. The molecule has 3 unspecified atom stereocenters. The lowest BCUT2D eigenvalue weighted by atomic mass is 9.55. The summed E-state index contributed by atoms with van der Waals surface area (Å²) in [5.41, 5.74) is 2.96. The highest BCUT2D eigenvalue weighted by Gasteiger charge is 2.57. The molecule has 2 aliphatic rings. The lowest BCUT2D eigenvalue weighted by Gasteiger charge is -2.60. The zero-order valence-corrected chi connectivity index (χ0v) is 13.1. The first-order valence-electron chi connectivity index (χ1n) is 7.99. The van der Waals surface area contributed by atoms with Crippen LogP contribution in [0.2, 0.25) is 0 Å². The second-order valence-electron chi connectivity index (χ2n) is 7.28. The molecule has 1 N–H and O–H groups in total. The first-order chi connectivity index (χ1) is 9.51. The molecule has 1 saturated carbocycles. The standard InChI is InChI=1S/C18H27NO/c1-12(2)13-8-5-6-10-15(13)19-16-14-9-7-11-20-17(14)18(16,3)4/h5-6,8,10,12,14,16-17,19H,7,9,11H2,1-4H3. The molecular formula is C18H27NO. The molecule has 1 aromatic carbocycles.